The van der Waals surface area contributed by atoms with E-state index in [4.69, 9.17) is 21.4 Å². The second kappa shape index (κ2) is 6.90. The molecule has 0 radical (unpaired) electrons. The zero-order chi connectivity index (χ0) is 15.2. The van der Waals surface area contributed by atoms with E-state index in [1.807, 2.05) is 19.1 Å². The first-order valence-corrected chi connectivity index (χ1v) is 6.78. The minimum atomic E-state index is -0.313. The number of rotatable bonds is 4. The molecule has 0 aliphatic rings. The number of para-hydroxylation sites is 1. The van der Waals surface area contributed by atoms with Crippen LogP contribution in [0.2, 0.25) is 0 Å². The fraction of sp³-hybridized carbons (Fsp3) is 0.200. The normalized spacial score (nSPS) is 10.0. The van der Waals surface area contributed by atoms with Gasteiger partial charge >= 0.3 is 0 Å². The number of aryl methyl sites for hydroxylation is 1. The van der Waals surface area contributed by atoms with E-state index in [1.54, 1.807) is 24.5 Å². The Kier molecular flexibility index (Phi) is 4.94. The molecule has 2 aromatic rings. The number of ether oxygens (including phenoxy) is 1. The maximum absolute atomic E-state index is 12.2. The molecule has 21 heavy (non-hydrogen) atoms. The number of nitrogens with one attached hydrogen (secondary N) is 2. The lowest BCUT2D eigenvalue weighted by molar-refractivity contribution is 0.0973. The number of amides is 1. The van der Waals surface area contributed by atoms with Crippen LogP contribution in [0.25, 0.3) is 0 Å². The zero-order valence-electron chi connectivity index (χ0n) is 11.8. The number of hydrogen-bond donors (Lipinski definition) is 2. The molecule has 0 aliphatic heterocycles. The third-order valence-electron chi connectivity index (χ3n) is 2.89. The molecule has 1 heterocycles. The summed E-state index contributed by atoms with van der Waals surface area (Å²) < 4.78 is 10.4. The smallest absolute Gasteiger partial charge is 0.261 e. The molecule has 0 saturated heterocycles. The van der Waals surface area contributed by atoms with E-state index in [2.05, 4.69) is 10.6 Å². The number of hydrogen-bond acceptors (Lipinski definition) is 4. The Balaban J connectivity index is 1.98. The SMILES string of the molecule is COc1c(C)cccc1C(=O)NC(=S)NCc1ccco1. The lowest BCUT2D eigenvalue weighted by Crippen LogP contribution is -2.38. The van der Waals surface area contributed by atoms with E-state index in [-0.39, 0.29) is 11.0 Å². The highest BCUT2D eigenvalue weighted by Gasteiger charge is 2.14. The molecule has 1 amide bonds. The molecule has 2 rings (SSSR count). The van der Waals surface area contributed by atoms with Crippen molar-refractivity contribution in [1.29, 1.82) is 0 Å². The quantitative estimate of drug-likeness (QED) is 0.849. The summed E-state index contributed by atoms with van der Waals surface area (Å²) in [6.07, 6.45) is 1.58. The average molecular weight is 304 g/mol. The summed E-state index contributed by atoms with van der Waals surface area (Å²) in [6, 6.07) is 8.97. The van der Waals surface area contributed by atoms with Gasteiger partial charge < -0.3 is 14.5 Å². The molecule has 0 saturated carbocycles. The van der Waals surface area contributed by atoms with Gasteiger partial charge in [-0.3, -0.25) is 10.1 Å². The van der Waals surface area contributed by atoms with Crippen molar-refractivity contribution < 1.29 is 13.9 Å². The molecule has 0 bridgehead atoms. The predicted octanol–water partition coefficient (Wildman–Crippen LogP) is 2.40. The Morgan fingerprint density at radius 3 is 2.81 bits per heavy atom. The maximum Gasteiger partial charge on any atom is 0.261 e. The summed E-state index contributed by atoms with van der Waals surface area (Å²) in [5.74, 6) is 0.969. The Hall–Kier alpha value is -2.34. The number of methoxy groups -OCH3 is 1. The van der Waals surface area contributed by atoms with Crippen LogP contribution < -0.4 is 15.4 Å². The monoisotopic (exact) mass is 304 g/mol. The van der Waals surface area contributed by atoms with Gasteiger partial charge in [-0.1, -0.05) is 12.1 Å². The van der Waals surface area contributed by atoms with Crippen LogP contribution in [0.5, 0.6) is 5.75 Å². The van der Waals surface area contributed by atoms with E-state index in [9.17, 15) is 4.79 Å². The lowest BCUT2D eigenvalue weighted by Gasteiger charge is -2.12. The number of carbonyl (C=O) groups excluding carboxylic acids is 1. The zero-order valence-corrected chi connectivity index (χ0v) is 12.6. The van der Waals surface area contributed by atoms with Gasteiger partial charge in [-0.05, 0) is 42.9 Å². The molecule has 0 aliphatic carbocycles. The molecule has 0 unspecified atom stereocenters. The van der Waals surface area contributed by atoms with E-state index >= 15 is 0 Å². The lowest BCUT2D eigenvalue weighted by atomic mass is 10.1. The van der Waals surface area contributed by atoms with E-state index in [0.717, 1.165) is 11.3 Å². The average Bonchev–Trinajstić information content (AvgIpc) is 2.98. The van der Waals surface area contributed by atoms with Gasteiger partial charge in [0.1, 0.15) is 11.5 Å². The minimum absolute atomic E-state index is 0.236. The van der Waals surface area contributed by atoms with Crippen molar-refractivity contribution in [2.75, 3.05) is 7.11 Å². The first-order chi connectivity index (χ1) is 10.1. The topological polar surface area (TPSA) is 63.5 Å². The molecule has 0 fully saturated rings. The van der Waals surface area contributed by atoms with Crippen LogP contribution in [0.4, 0.5) is 0 Å². The number of benzene rings is 1. The van der Waals surface area contributed by atoms with Crippen LogP contribution in [-0.2, 0) is 6.54 Å². The highest BCUT2D eigenvalue weighted by atomic mass is 32.1. The number of furan rings is 1. The van der Waals surface area contributed by atoms with Crippen LogP contribution in [0.3, 0.4) is 0 Å². The van der Waals surface area contributed by atoms with E-state index < -0.39 is 0 Å². The molecule has 0 atom stereocenters. The van der Waals surface area contributed by atoms with Crippen molar-refractivity contribution in [3.05, 3.63) is 53.5 Å². The van der Waals surface area contributed by atoms with Crippen molar-refractivity contribution in [3.63, 3.8) is 0 Å². The summed E-state index contributed by atoms with van der Waals surface area (Å²) >= 11 is 5.09. The van der Waals surface area contributed by atoms with Crippen molar-refractivity contribution in [2.45, 2.75) is 13.5 Å². The highest BCUT2D eigenvalue weighted by Crippen LogP contribution is 2.22. The van der Waals surface area contributed by atoms with Crippen LogP contribution in [0.1, 0.15) is 21.7 Å². The standard InChI is InChI=1S/C15H16N2O3S/c1-10-5-3-7-12(13(10)19-2)14(18)17-15(21)16-9-11-6-4-8-20-11/h3-8H,9H2,1-2H3,(H2,16,17,18,21). The van der Waals surface area contributed by atoms with Crippen molar-refractivity contribution in [3.8, 4) is 5.75 Å². The molecular weight excluding hydrogens is 288 g/mol. The molecule has 0 spiro atoms. The van der Waals surface area contributed by atoms with Gasteiger partial charge in [-0.2, -0.15) is 0 Å². The summed E-state index contributed by atoms with van der Waals surface area (Å²) in [7, 11) is 1.53. The fourth-order valence-electron chi connectivity index (χ4n) is 1.90. The minimum Gasteiger partial charge on any atom is -0.496 e. The number of carbonyl (C=O) groups is 1. The van der Waals surface area contributed by atoms with Gasteiger partial charge in [0.25, 0.3) is 5.91 Å². The Labute approximate surface area is 128 Å². The van der Waals surface area contributed by atoms with Gasteiger partial charge in [0, 0.05) is 0 Å². The Morgan fingerprint density at radius 1 is 1.33 bits per heavy atom. The molecule has 1 aromatic carbocycles. The van der Waals surface area contributed by atoms with Crippen LogP contribution in [0.15, 0.2) is 41.0 Å². The summed E-state index contributed by atoms with van der Waals surface area (Å²) in [4.78, 5) is 12.2. The molecule has 2 N–H and O–H groups in total. The number of thiocarbonyl (C=S) groups is 1. The first-order valence-electron chi connectivity index (χ1n) is 6.37. The van der Waals surface area contributed by atoms with Crippen molar-refractivity contribution in [2.24, 2.45) is 0 Å². The molecular formula is C15H16N2O3S. The largest absolute Gasteiger partial charge is 0.496 e. The van der Waals surface area contributed by atoms with Gasteiger partial charge in [-0.25, -0.2) is 0 Å². The predicted molar refractivity (Wildman–Crippen MR) is 83.3 cm³/mol. The van der Waals surface area contributed by atoms with Gasteiger partial charge in [-0.15, -0.1) is 0 Å². The Morgan fingerprint density at radius 2 is 2.14 bits per heavy atom. The molecule has 110 valence electrons. The van der Waals surface area contributed by atoms with Crippen LogP contribution >= 0.6 is 12.2 Å². The van der Waals surface area contributed by atoms with Crippen LogP contribution in [0, 0.1) is 6.92 Å². The molecule has 6 heteroatoms. The maximum atomic E-state index is 12.2. The van der Waals surface area contributed by atoms with Gasteiger partial charge in [0.2, 0.25) is 0 Å². The molecule has 1 aromatic heterocycles. The Bertz CT molecular complexity index is 638. The second-order valence-electron chi connectivity index (χ2n) is 4.37. The van der Waals surface area contributed by atoms with Crippen molar-refractivity contribution >= 4 is 23.2 Å². The fourth-order valence-corrected chi connectivity index (χ4v) is 2.06. The van der Waals surface area contributed by atoms with E-state index in [1.165, 1.54) is 7.11 Å². The third-order valence-corrected chi connectivity index (χ3v) is 3.14. The third kappa shape index (κ3) is 3.82. The summed E-state index contributed by atoms with van der Waals surface area (Å²) in [6.45, 7) is 2.29. The summed E-state index contributed by atoms with van der Waals surface area (Å²) in [5, 5.41) is 5.76. The second-order valence-corrected chi connectivity index (χ2v) is 4.78. The molecule has 5 nitrogen and oxygen atoms in total. The van der Waals surface area contributed by atoms with Crippen LogP contribution in [-0.4, -0.2) is 18.1 Å². The van der Waals surface area contributed by atoms with Crippen molar-refractivity contribution in [1.82, 2.24) is 10.6 Å². The van der Waals surface area contributed by atoms with Gasteiger partial charge in [0.15, 0.2) is 5.11 Å². The van der Waals surface area contributed by atoms with Gasteiger partial charge in [0.05, 0.1) is 25.5 Å². The highest BCUT2D eigenvalue weighted by molar-refractivity contribution is 7.80. The first kappa shape index (κ1) is 15.1. The summed E-state index contributed by atoms with van der Waals surface area (Å²) in [5.41, 5.74) is 1.33. The van der Waals surface area contributed by atoms with E-state index in [0.29, 0.717) is 17.9 Å².